The van der Waals surface area contributed by atoms with E-state index in [0.717, 1.165) is 6.61 Å². The van der Waals surface area contributed by atoms with E-state index >= 15 is 0 Å². The van der Waals surface area contributed by atoms with Crippen LogP contribution in [0.15, 0.2) is 23.4 Å². The highest BCUT2D eigenvalue weighted by Crippen LogP contribution is 2.29. The summed E-state index contributed by atoms with van der Waals surface area (Å²) in [7, 11) is -1.17. The van der Waals surface area contributed by atoms with Crippen LogP contribution in [0.2, 0.25) is 0 Å². The smallest absolute Gasteiger partial charge is 0.126 e. The summed E-state index contributed by atoms with van der Waals surface area (Å²) < 4.78 is 17.1. The van der Waals surface area contributed by atoms with Crippen LogP contribution in [0.3, 0.4) is 0 Å². The number of hydrogen-bond acceptors (Lipinski definition) is 4. The molecule has 2 rings (SSSR count). The lowest BCUT2D eigenvalue weighted by Crippen LogP contribution is -2.07. The number of rotatable bonds is 5. The molecule has 1 atom stereocenters. The number of nitrogens with two attached hydrogens (primary N) is 1. The third-order valence-corrected chi connectivity index (χ3v) is 3.54. The van der Waals surface area contributed by atoms with Crippen molar-refractivity contribution in [3.05, 3.63) is 18.5 Å². The van der Waals surface area contributed by atoms with Gasteiger partial charge in [0, 0.05) is 6.20 Å². The van der Waals surface area contributed by atoms with Crippen molar-refractivity contribution in [2.75, 3.05) is 18.3 Å². The molecule has 15 heavy (non-hydrogen) atoms. The van der Waals surface area contributed by atoms with Gasteiger partial charge in [0.1, 0.15) is 5.94 Å². The SMILES string of the molecule is Nc1cnccc1S(=O)COCC1CC1. The van der Waals surface area contributed by atoms with E-state index in [4.69, 9.17) is 10.5 Å². The van der Waals surface area contributed by atoms with E-state index < -0.39 is 10.8 Å². The van der Waals surface area contributed by atoms with Crippen LogP contribution in [0, 0.1) is 5.92 Å². The van der Waals surface area contributed by atoms with Crippen molar-refractivity contribution in [1.82, 2.24) is 4.98 Å². The molecule has 1 saturated carbocycles. The number of ether oxygens (including phenoxy) is 1. The molecule has 1 fully saturated rings. The Kier molecular flexibility index (Phi) is 3.33. The molecule has 0 aliphatic heterocycles. The molecule has 4 nitrogen and oxygen atoms in total. The van der Waals surface area contributed by atoms with E-state index in [-0.39, 0.29) is 5.94 Å². The molecule has 1 aliphatic rings. The molecule has 1 unspecified atom stereocenters. The van der Waals surface area contributed by atoms with E-state index in [2.05, 4.69) is 4.98 Å². The predicted octanol–water partition coefficient (Wildman–Crippen LogP) is 1.16. The van der Waals surface area contributed by atoms with Crippen LogP contribution in [0.4, 0.5) is 5.69 Å². The Morgan fingerprint density at radius 2 is 2.40 bits per heavy atom. The molecule has 0 spiro atoms. The highest BCUT2D eigenvalue weighted by atomic mass is 32.2. The third-order valence-electron chi connectivity index (χ3n) is 2.30. The zero-order valence-electron chi connectivity index (χ0n) is 8.39. The molecule has 2 N–H and O–H groups in total. The minimum absolute atomic E-state index is 0.227. The van der Waals surface area contributed by atoms with E-state index in [0.29, 0.717) is 16.5 Å². The van der Waals surface area contributed by atoms with Crippen LogP contribution in [0.25, 0.3) is 0 Å². The molecule has 0 amide bonds. The Bertz CT molecular complexity index is 366. The van der Waals surface area contributed by atoms with Crippen LogP contribution in [0.5, 0.6) is 0 Å². The van der Waals surface area contributed by atoms with Crippen molar-refractivity contribution in [3.63, 3.8) is 0 Å². The van der Waals surface area contributed by atoms with Gasteiger partial charge in [-0.25, -0.2) is 0 Å². The van der Waals surface area contributed by atoms with Crippen molar-refractivity contribution in [1.29, 1.82) is 0 Å². The third kappa shape index (κ3) is 3.00. The summed E-state index contributed by atoms with van der Waals surface area (Å²) in [6, 6.07) is 1.67. The first-order valence-electron chi connectivity index (χ1n) is 4.93. The van der Waals surface area contributed by atoms with Gasteiger partial charge in [0.25, 0.3) is 0 Å². The second-order valence-electron chi connectivity index (χ2n) is 3.69. The fourth-order valence-corrected chi connectivity index (χ4v) is 2.14. The van der Waals surface area contributed by atoms with E-state index in [1.807, 2.05) is 0 Å². The second-order valence-corrected chi connectivity index (χ2v) is 5.06. The standard InChI is InChI=1S/C10H14N2O2S/c11-9-5-12-4-3-10(9)15(13)7-14-6-8-1-2-8/h3-5,8H,1-2,6-7,11H2. The van der Waals surface area contributed by atoms with Gasteiger partial charge < -0.3 is 10.5 Å². The fraction of sp³-hybridized carbons (Fsp3) is 0.500. The van der Waals surface area contributed by atoms with Crippen molar-refractivity contribution in [2.24, 2.45) is 5.92 Å². The van der Waals surface area contributed by atoms with Crippen LogP contribution in [-0.2, 0) is 15.5 Å². The number of pyridine rings is 1. The molecule has 5 heteroatoms. The van der Waals surface area contributed by atoms with Crippen LogP contribution in [-0.4, -0.2) is 21.7 Å². The van der Waals surface area contributed by atoms with Crippen molar-refractivity contribution in [3.8, 4) is 0 Å². The average Bonchev–Trinajstić information content (AvgIpc) is 3.02. The molecule has 1 aliphatic carbocycles. The Morgan fingerprint density at radius 3 is 3.07 bits per heavy atom. The van der Waals surface area contributed by atoms with Crippen LogP contribution in [0.1, 0.15) is 12.8 Å². The molecule has 0 aromatic carbocycles. The Morgan fingerprint density at radius 1 is 1.60 bits per heavy atom. The maximum atomic E-state index is 11.7. The predicted molar refractivity (Wildman–Crippen MR) is 58.6 cm³/mol. The van der Waals surface area contributed by atoms with Gasteiger partial charge in [-0.2, -0.15) is 0 Å². The molecule has 1 heterocycles. The Balaban J connectivity index is 1.86. The van der Waals surface area contributed by atoms with Crippen molar-refractivity contribution >= 4 is 16.5 Å². The highest BCUT2D eigenvalue weighted by Gasteiger charge is 2.21. The quantitative estimate of drug-likeness (QED) is 0.818. The largest absolute Gasteiger partial charge is 0.396 e. The van der Waals surface area contributed by atoms with E-state index in [1.54, 1.807) is 12.3 Å². The maximum Gasteiger partial charge on any atom is 0.126 e. The summed E-state index contributed by atoms with van der Waals surface area (Å²) in [6.45, 7) is 0.719. The molecular formula is C10H14N2O2S. The normalized spacial score (nSPS) is 17.6. The Hall–Kier alpha value is -0.940. The topological polar surface area (TPSA) is 65.2 Å². The van der Waals surface area contributed by atoms with Crippen molar-refractivity contribution in [2.45, 2.75) is 17.7 Å². The number of hydrogen-bond donors (Lipinski definition) is 1. The van der Waals surface area contributed by atoms with Gasteiger partial charge in [0.2, 0.25) is 0 Å². The zero-order valence-corrected chi connectivity index (χ0v) is 9.20. The van der Waals surface area contributed by atoms with E-state index in [9.17, 15) is 4.21 Å². The van der Waals surface area contributed by atoms with Gasteiger partial charge in [0.05, 0.1) is 34.2 Å². The van der Waals surface area contributed by atoms with Gasteiger partial charge >= 0.3 is 0 Å². The zero-order chi connectivity index (χ0) is 10.7. The molecular weight excluding hydrogens is 212 g/mol. The molecule has 0 bridgehead atoms. The first-order chi connectivity index (χ1) is 7.27. The molecule has 82 valence electrons. The monoisotopic (exact) mass is 226 g/mol. The first-order valence-corrected chi connectivity index (χ1v) is 6.25. The first kappa shape index (κ1) is 10.6. The summed E-state index contributed by atoms with van der Waals surface area (Å²) >= 11 is 0. The van der Waals surface area contributed by atoms with Gasteiger partial charge in [-0.15, -0.1) is 0 Å². The second kappa shape index (κ2) is 4.72. The molecule has 0 saturated heterocycles. The number of nitrogens with zero attached hydrogens (tertiary/aromatic N) is 1. The minimum atomic E-state index is -1.17. The summed E-state index contributed by atoms with van der Waals surface area (Å²) in [4.78, 5) is 4.46. The summed E-state index contributed by atoms with van der Waals surface area (Å²) in [6.07, 6.45) is 5.58. The number of anilines is 1. The molecule has 1 aromatic rings. The highest BCUT2D eigenvalue weighted by molar-refractivity contribution is 7.85. The van der Waals surface area contributed by atoms with Gasteiger partial charge in [0.15, 0.2) is 0 Å². The lowest BCUT2D eigenvalue weighted by molar-refractivity contribution is 0.168. The maximum absolute atomic E-state index is 11.7. The van der Waals surface area contributed by atoms with Gasteiger partial charge in [-0.3, -0.25) is 9.19 Å². The van der Waals surface area contributed by atoms with Gasteiger partial charge in [-0.1, -0.05) is 0 Å². The lowest BCUT2D eigenvalue weighted by Gasteiger charge is -2.05. The minimum Gasteiger partial charge on any atom is -0.396 e. The average molecular weight is 226 g/mol. The molecule has 0 radical (unpaired) electrons. The van der Waals surface area contributed by atoms with E-state index in [1.165, 1.54) is 19.0 Å². The fourth-order valence-electron chi connectivity index (χ4n) is 1.24. The summed E-state index contributed by atoms with van der Waals surface area (Å²) in [5, 5.41) is 0. The lowest BCUT2D eigenvalue weighted by atomic mass is 10.4. The number of nitrogen functional groups attached to an aromatic ring is 1. The summed E-state index contributed by atoms with van der Waals surface area (Å²) in [5.74, 6) is 0.918. The molecule has 1 aromatic heterocycles. The van der Waals surface area contributed by atoms with Gasteiger partial charge in [-0.05, 0) is 24.8 Å². The van der Waals surface area contributed by atoms with Crippen molar-refractivity contribution < 1.29 is 8.95 Å². The Labute approximate surface area is 91.3 Å². The van der Waals surface area contributed by atoms with Crippen LogP contribution < -0.4 is 5.73 Å². The summed E-state index contributed by atoms with van der Waals surface area (Å²) in [5.41, 5.74) is 6.12. The van der Waals surface area contributed by atoms with Crippen LogP contribution >= 0.6 is 0 Å². The number of aromatic nitrogens is 1.